The quantitative estimate of drug-likeness (QED) is 0.838. The van der Waals surface area contributed by atoms with Gasteiger partial charge in [-0.25, -0.2) is 4.39 Å². The van der Waals surface area contributed by atoms with Crippen LogP contribution in [0.15, 0.2) is 42.5 Å². The molecule has 0 aromatic heterocycles. The molecule has 0 fully saturated rings. The van der Waals surface area contributed by atoms with E-state index in [0.717, 1.165) is 32.5 Å². The second-order valence-electron chi connectivity index (χ2n) is 6.00. The molecule has 0 radical (unpaired) electrons. The lowest BCUT2D eigenvalue weighted by Gasteiger charge is -2.28. The van der Waals surface area contributed by atoms with Crippen molar-refractivity contribution in [3.05, 3.63) is 70.0 Å². The number of amides is 1. The Morgan fingerprint density at radius 1 is 1.17 bits per heavy atom. The minimum absolute atomic E-state index is 0.0777. The molecule has 0 bridgehead atoms. The highest BCUT2D eigenvalue weighted by atomic mass is 35.5. The van der Waals surface area contributed by atoms with Gasteiger partial charge in [0.2, 0.25) is 0 Å². The van der Waals surface area contributed by atoms with E-state index in [4.69, 9.17) is 11.6 Å². The number of hydrogen-bond donors (Lipinski definition) is 1. The van der Waals surface area contributed by atoms with Crippen molar-refractivity contribution >= 4 is 17.5 Å². The fourth-order valence-corrected chi connectivity index (χ4v) is 3.30. The topological polar surface area (TPSA) is 32.3 Å². The van der Waals surface area contributed by atoms with Gasteiger partial charge in [0.05, 0.1) is 10.6 Å². The molecular weight excluding hydrogens is 327 g/mol. The average molecular weight is 347 g/mol. The molecule has 3 rings (SSSR count). The SMILES string of the molecule is O=C(NCCCN1CCc2ccccc2C1)c1c(F)cccc1Cl. The summed E-state index contributed by atoms with van der Waals surface area (Å²) in [5.74, 6) is -1.05. The van der Waals surface area contributed by atoms with Crippen molar-refractivity contribution in [2.24, 2.45) is 0 Å². The van der Waals surface area contributed by atoms with Crippen molar-refractivity contribution in [1.29, 1.82) is 0 Å². The van der Waals surface area contributed by atoms with Crippen LogP contribution in [0.4, 0.5) is 4.39 Å². The van der Waals surface area contributed by atoms with Crippen LogP contribution in [-0.4, -0.2) is 30.4 Å². The molecule has 0 unspecified atom stereocenters. The van der Waals surface area contributed by atoms with E-state index in [2.05, 4.69) is 34.5 Å². The summed E-state index contributed by atoms with van der Waals surface area (Å²) in [6.07, 6.45) is 1.88. The molecule has 1 amide bonds. The van der Waals surface area contributed by atoms with Crippen molar-refractivity contribution < 1.29 is 9.18 Å². The zero-order valence-electron chi connectivity index (χ0n) is 13.4. The van der Waals surface area contributed by atoms with Gasteiger partial charge >= 0.3 is 0 Å². The maximum absolute atomic E-state index is 13.7. The first-order valence-electron chi connectivity index (χ1n) is 8.16. The third-order valence-corrected chi connectivity index (χ3v) is 4.65. The molecule has 1 heterocycles. The number of rotatable bonds is 5. The van der Waals surface area contributed by atoms with Crippen LogP contribution in [0, 0.1) is 5.82 Å². The van der Waals surface area contributed by atoms with Crippen molar-refractivity contribution in [2.45, 2.75) is 19.4 Å². The Morgan fingerprint density at radius 3 is 2.75 bits per heavy atom. The Hall–Kier alpha value is -1.91. The van der Waals surface area contributed by atoms with Crippen LogP contribution < -0.4 is 5.32 Å². The van der Waals surface area contributed by atoms with Gasteiger partial charge in [0.25, 0.3) is 5.91 Å². The lowest BCUT2D eigenvalue weighted by atomic mass is 10.00. The van der Waals surface area contributed by atoms with Crippen LogP contribution >= 0.6 is 11.6 Å². The average Bonchev–Trinajstić information content (AvgIpc) is 2.58. The van der Waals surface area contributed by atoms with E-state index in [1.54, 1.807) is 0 Å². The van der Waals surface area contributed by atoms with E-state index in [-0.39, 0.29) is 10.6 Å². The number of fused-ring (bicyclic) bond motifs is 1. The van der Waals surface area contributed by atoms with Crippen LogP contribution in [0.2, 0.25) is 5.02 Å². The Morgan fingerprint density at radius 2 is 1.96 bits per heavy atom. The molecule has 126 valence electrons. The summed E-state index contributed by atoms with van der Waals surface area (Å²) in [6, 6.07) is 12.8. The number of halogens is 2. The number of nitrogens with one attached hydrogen (secondary N) is 1. The lowest BCUT2D eigenvalue weighted by Crippen LogP contribution is -2.34. The number of hydrogen-bond acceptors (Lipinski definition) is 2. The van der Waals surface area contributed by atoms with Gasteiger partial charge in [0.15, 0.2) is 0 Å². The van der Waals surface area contributed by atoms with Gasteiger partial charge < -0.3 is 5.32 Å². The largest absolute Gasteiger partial charge is 0.352 e. The van der Waals surface area contributed by atoms with Crippen molar-refractivity contribution in [2.75, 3.05) is 19.6 Å². The molecule has 1 aliphatic heterocycles. The second-order valence-corrected chi connectivity index (χ2v) is 6.41. The highest BCUT2D eigenvalue weighted by Gasteiger charge is 2.17. The van der Waals surface area contributed by atoms with E-state index in [1.165, 1.54) is 29.3 Å². The first-order valence-corrected chi connectivity index (χ1v) is 8.54. The molecule has 0 saturated carbocycles. The Labute approximate surface area is 146 Å². The molecule has 1 N–H and O–H groups in total. The monoisotopic (exact) mass is 346 g/mol. The van der Waals surface area contributed by atoms with Gasteiger partial charge in [0, 0.05) is 26.2 Å². The fraction of sp³-hybridized carbons (Fsp3) is 0.316. The first kappa shape index (κ1) is 16.9. The van der Waals surface area contributed by atoms with E-state index < -0.39 is 11.7 Å². The van der Waals surface area contributed by atoms with Gasteiger partial charge in [-0.3, -0.25) is 9.69 Å². The summed E-state index contributed by atoms with van der Waals surface area (Å²) >= 11 is 5.90. The molecule has 2 aromatic rings. The third-order valence-electron chi connectivity index (χ3n) is 4.34. The first-order chi connectivity index (χ1) is 11.6. The van der Waals surface area contributed by atoms with E-state index in [1.807, 2.05) is 0 Å². The van der Waals surface area contributed by atoms with Gasteiger partial charge in [-0.2, -0.15) is 0 Å². The molecule has 0 aliphatic carbocycles. The minimum Gasteiger partial charge on any atom is -0.352 e. The molecule has 24 heavy (non-hydrogen) atoms. The fourth-order valence-electron chi connectivity index (χ4n) is 3.05. The summed E-state index contributed by atoms with van der Waals surface area (Å²) in [7, 11) is 0. The molecular formula is C19H20ClFN2O. The van der Waals surface area contributed by atoms with E-state index in [0.29, 0.717) is 6.54 Å². The Kier molecular flexibility index (Phi) is 5.48. The van der Waals surface area contributed by atoms with Crippen LogP contribution in [0.25, 0.3) is 0 Å². The summed E-state index contributed by atoms with van der Waals surface area (Å²) in [4.78, 5) is 14.4. The molecule has 3 nitrogen and oxygen atoms in total. The highest BCUT2D eigenvalue weighted by Crippen LogP contribution is 2.19. The molecule has 2 aromatic carbocycles. The molecule has 5 heteroatoms. The predicted octanol–water partition coefficient (Wildman–Crippen LogP) is 3.66. The number of nitrogens with zero attached hydrogens (tertiary/aromatic N) is 1. The summed E-state index contributed by atoms with van der Waals surface area (Å²) in [5, 5.41) is 2.89. The summed E-state index contributed by atoms with van der Waals surface area (Å²) < 4.78 is 13.7. The molecule has 0 atom stereocenters. The number of benzene rings is 2. The van der Waals surface area contributed by atoms with Crippen LogP contribution in [0.1, 0.15) is 27.9 Å². The van der Waals surface area contributed by atoms with Gasteiger partial charge in [-0.1, -0.05) is 41.9 Å². The Bertz CT molecular complexity index is 715. The zero-order chi connectivity index (χ0) is 16.9. The molecule has 0 saturated heterocycles. The van der Waals surface area contributed by atoms with E-state index >= 15 is 0 Å². The number of carbonyl (C=O) groups is 1. The van der Waals surface area contributed by atoms with Crippen LogP contribution in [0.3, 0.4) is 0 Å². The summed E-state index contributed by atoms with van der Waals surface area (Å²) in [6.45, 7) is 3.38. The smallest absolute Gasteiger partial charge is 0.255 e. The maximum atomic E-state index is 13.7. The van der Waals surface area contributed by atoms with Crippen molar-refractivity contribution in [1.82, 2.24) is 10.2 Å². The minimum atomic E-state index is -0.590. The highest BCUT2D eigenvalue weighted by molar-refractivity contribution is 6.33. The maximum Gasteiger partial charge on any atom is 0.255 e. The third kappa shape index (κ3) is 3.94. The van der Waals surface area contributed by atoms with Crippen molar-refractivity contribution in [3.8, 4) is 0 Å². The molecule has 1 aliphatic rings. The van der Waals surface area contributed by atoms with Gasteiger partial charge in [-0.15, -0.1) is 0 Å². The summed E-state index contributed by atoms with van der Waals surface area (Å²) in [5.41, 5.74) is 2.73. The Balaban J connectivity index is 1.45. The molecule has 0 spiro atoms. The predicted molar refractivity (Wildman–Crippen MR) is 93.8 cm³/mol. The normalized spacial score (nSPS) is 14.2. The van der Waals surface area contributed by atoms with E-state index in [9.17, 15) is 9.18 Å². The van der Waals surface area contributed by atoms with Gasteiger partial charge in [-0.05, 0) is 36.1 Å². The van der Waals surface area contributed by atoms with Crippen LogP contribution in [-0.2, 0) is 13.0 Å². The van der Waals surface area contributed by atoms with Gasteiger partial charge in [0.1, 0.15) is 5.82 Å². The van der Waals surface area contributed by atoms with Crippen molar-refractivity contribution in [3.63, 3.8) is 0 Å². The number of carbonyl (C=O) groups excluding carboxylic acids is 1. The standard InChI is InChI=1S/C19H20ClFN2O/c20-16-7-3-8-17(21)18(16)19(24)22-10-4-11-23-12-9-14-5-1-2-6-15(14)13-23/h1-3,5-8H,4,9-13H2,(H,22,24). The zero-order valence-corrected chi connectivity index (χ0v) is 14.2. The van der Waals surface area contributed by atoms with Crippen LogP contribution in [0.5, 0.6) is 0 Å². The second kappa shape index (κ2) is 7.77. The lowest BCUT2D eigenvalue weighted by molar-refractivity contribution is 0.0947.